The number of aliphatic imine (C=N–C) groups is 1. The third kappa shape index (κ3) is 7.64. The van der Waals surface area contributed by atoms with Gasteiger partial charge in [-0.15, -0.1) is 0 Å². The zero-order valence-electron chi connectivity index (χ0n) is 18.7. The van der Waals surface area contributed by atoms with Crippen molar-refractivity contribution in [1.29, 1.82) is 0 Å². The maximum atomic E-state index is 13.4. The topological polar surface area (TPSA) is 152 Å². The fourth-order valence-electron chi connectivity index (χ4n) is 3.35. The second-order valence-corrected chi connectivity index (χ2v) is 8.62. The Hall–Kier alpha value is -3.71. The summed E-state index contributed by atoms with van der Waals surface area (Å²) in [7, 11) is 0. The molecule has 0 aromatic heterocycles. The van der Waals surface area contributed by atoms with Crippen molar-refractivity contribution in [2.75, 3.05) is 25.0 Å². The first-order valence-corrected chi connectivity index (χ1v) is 11.3. The molecule has 0 spiro atoms. The lowest BCUT2D eigenvalue weighted by molar-refractivity contribution is -0.138. The van der Waals surface area contributed by atoms with E-state index in [0.717, 1.165) is 18.2 Å². The van der Waals surface area contributed by atoms with Gasteiger partial charge in [-0.2, -0.15) is 13.2 Å². The van der Waals surface area contributed by atoms with Gasteiger partial charge in [-0.25, -0.2) is 0 Å². The van der Waals surface area contributed by atoms with Gasteiger partial charge in [0.05, 0.1) is 36.1 Å². The summed E-state index contributed by atoms with van der Waals surface area (Å²) in [4.78, 5) is 40.4. The minimum absolute atomic E-state index is 0.0243. The van der Waals surface area contributed by atoms with Crippen molar-refractivity contribution in [1.82, 2.24) is 16.0 Å². The van der Waals surface area contributed by atoms with Crippen molar-refractivity contribution in [2.24, 2.45) is 4.99 Å². The van der Waals surface area contributed by atoms with Gasteiger partial charge in [-0.1, -0.05) is 23.2 Å². The molecule has 0 radical (unpaired) electrons. The van der Waals surface area contributed by atoms with E-state index in [0.29, 0.717) is 19.2 Å². The Bertz CT molecular complexity index is 1260. The van der Waals surface area contributed by atoms with E-state index in [1.807, 2.05) is 0 Å². The number of carbonyl (C=O) groups excluding carboxylic acids is 2. The molecule has 37 heavy (non-hydrogen) atoms. The van der Waals surface area contributed by atoms with Gasteiger partial charge in [0.25, 0.3) is 5.91 Å². The van der Waals surface area contributed by atoms with Crippen LogP contribution >= 0.6 is 23.2 Å². The molecule has 0 fully saturated rings. The molecule has 198 valence electrons. The molecule has 1 atom stereocenters. The highest BCUT2D eigenvalue weighted by atomic mass is 35.5. The molecule has 1 unspecified atom stereocenters. The van der Waals surface area contributed by atoms with Crippen molar-refractivity contribution >= 4 is 52.6 Å². The molecule has 0 saturated heterocycles. The molecule has 2 aromatic carbocycles. The monoisotopic (exact) mass is 561 g/mol. The van der Waals surface area contributed by atoms with E-state index in [1.54, 1.807) is 0 Å². The summed E-state index contributed by atoms with van der Waals surface area (Å²) in [5.74, 6) is -3.29. The van der Waals surface area contributed by atoms with Crippen LogP contribution in [0.1, 0.15) is 33.9 Å². The largest absolute Gasteiger partial charge is 0.506 e. The molecule has 2 amide bonds. The number of phenols is 1. The number of guanidine groups is 1. The number of halogens is 5. The van der Waals surface area contributed by atoms with Crippen molar-refractivity contribution in [2.45, 2.75) is 18.6 Å². The molecule has 3 rings (SSSR count). The highest BCUT2D eigenvalue weighted by molar-refractivity contribution is 6.36. The average Bonchev–Trinajstić information content (AvgIpc) is 3.31. The van der Waals surface area contributed by atoms with Gasteiger partial charge in [0, 0.05) is 22.8 Å². The minimum Gasteiger partial charge on any atom is -0.506 e. The van der Waals surface area contributed by atoms with Gasteiger partial charge in [0.15, 0.2) is 5.96 Å². The zero-order chi connectivity index (χ0) is 27.3. The summed E-state index contributed by atoms with van der Waals surface area (Å²) in [6, 6.07) is 3.66. The lowest BCUT2D eigenvalue weighted by Gasteiger charge is -2.19. The number of amides is 2. The molecule has 1 aliphatic heterocycles. The van der Waals surface area contributed by atoms with Crippen LogP contribution in [0.4, 0.5) is 18.9 Å². The smallest absolute Gasteiger partial charge is 0.416 e. The van der Waals surface area contributed by atoms with Gasteiger partial charge < -0.3 is 31.5 Å². The standard InChI is InChI=1S/C22H20Cl2F3N5O5/c23-14-7-15(24)17(33)6-13(14)16(8-19(35)36)32-18(34)9-30-20(37)10-3-11(22(25,26)27)5-12(4-10)31-21-28-1-2-29-21/h3-7,16,33H,1-2,8-9H2,(H,30,37)(H,32,34)(H,35,36)(H2,28,29,31). The van der Waals surface area contributed by atoms with Crippen LogP contribution in [0, 0.1) is 0 Å². The SMILES string of the molecule is O=C(O)CC(NC(=O)CNC(=O)c1cc(NC2=NCCN2)cc(C(F)(F)F)c1)c1cc(O)c(Cl)cc1Cl. The minimum atomic E-state index is -4.75. The lowest BCUT2D eigenvalue weighted by Crippen LogP contribution is -2.39. The number of carboxylic acid groups (broad SMARTS) is 1. The summed E-state index contributed by atoms with van der Waals surface area (Å²) >= 11 is 11.8. The van der Waals surface area contributed by atoms with Gasteiger partial charge in [0.1, 0.15) is 5.75 Å². The highest BCUT2D eigenvalue weighted by Gasteiger charge is 2.32. The van der Waals surface area contributed by atoms with Gasteiger partial charge in [-0.3, -0.25) is 19.4 Å². The van der Waals surface area contributed by atoms with Crippen molar-refractivity contribution in [3.8, 4) is 5.75 Å². The van der Waals surface area contributed by atoms with Crippen molar-refractivity contribution in [3.63, 3.8) is 0 Å². The first-order valence-electron chi connectivity index (χ1n) is 10.6. The summed E-state index contributed by atoms with van der Waals surface area (Å²) in [5, 5.41) is 29.0. The van der Waals surface area contributed by atoms with E-state index in [-0.39, 0.29) is 32.8 Å². The summed E-state index contributed by atoms with van der Waals surface area (Å²) < 4.78 is 40.1. The molecule has 6 N–H and O–H groups in total. The highest BCUT2D eigenvalue weighted by Crippen LogP contribution is 2.35. The number of benzene rings is 2. The van der Waals surface area contributed by atoms with Crippen LogP contribution in [-0.4, -0.2) is 53.6 Å². The van der Waals surface area contributed by atoms with E-state index in [1.165, 1.54) is 6.07 Å². The second-order valence-electron chi connectivity index (χ2n) is 7.80. The van der Waals surface area contributed by atoms with E-state index in [4.69, 9.17) is 23.2 Å². The van der Waals surface area contributed by atoms with Gasteiger partial charge >= 0.3 is 12.1 Å². The Labute approximate surface area is 217 Å². The Morgan fingerprint density at radius 2 is 1.84 bits per heavy atom. The average molecular weight is 562 g/mol. The third-order valence-electron chi connectivity index (χ3n) is 5.02. The number of aliphatic carboxylic acids is 1. The molecular formula is C22H20Cl2F3N5O5. The first-order chi connectivity index (χ1) is 17.3. The number of rotatable bonds is 8. The Balaban J connectivity index is 1.73. The number of nitrogens with one attached hydrogen (secondary N) is 4. The number of alkyl halides is 3. The van der Waals surface area contributed by atoms with Crippen molar-refractivity contribution < 1.29 is 37.8 Å². The fourth-order valence-corrected chi connectivity index (χ4v) is 3.87. The van der Waals surface area contributed by atoms with E-state index < -0.39 is 54.3 Å². The number of phenolic OH excluding ortho intramolecular Hbond substituents is 1. The number of carbonyl (C=O) groups is 3. The van der Waals surface area contributed by atoms with E-state index in [9.17, 15) is 37.8 Å². The van der Waals surface area contributed by atoms with Crippen LogP contribution in [0.25, 0.3) is 0 Å². The van der Waals surface area contributed by atoms with Gasteiger partial charge in [-0.05, 0) is 35.9 Å². The van der Waals surface area contributed by atoms with Crippen LogP contribution < -0.4 is 21.3 Å². The molecule has 1 heterocycles. The van der Waals surface area contributed by atoms with Crippen molar-refractivity contribution in [3.05, 3.63) is 57.1 Å². The first kappa shape index (κ1) is 27.9. The molecule has 2 aromatic rings. The van der Waals surface area contributed by atoms with E-state index in [2.05, 4.69) is 26.3 Å². The normalized spacial score (nSPS) is 13.8. The van der Waals surface area contributed by atoms with Gasteiger partial charge in [0.2, 0.25) is 5.91 Å². The molecule has 1 aliphatic rings. The maximum Gasteiger partial charge on any atom is 0.416 e. The molecule has 0 bridgehead atoms. The number of nitrogens with zero attached hydrogens (tertiary/aromatic N) is 1. The van der Waals surface area contributed by atoms with Crippen LogP contribution in [0.5, 0.6) is 5.75 Å². The molecule has 10 nitrogen and oxygen atoms in total. The lowest BCUT2D eigenvalue weighted by atomic mass is 10.0. The molecule has 0 saturated carbocycles. The molecular weight excluding hydrogens is 542 g/mol. The Morgan fingerprint density at radius 1 is 1.11 bits per heavy atom. The Kier molecular flexibility index (Phi) is 8.71. The van der Waals surface area contributed by atoms with Crippen LogP contribution in [0.15, 0.2) is 35.3 Å². The second kappa shape index (κ2) is 11.6. The predicted octanol–water partition coefficient (Wildman–Crippen LogP) is 3.15. The van der Waals surface area contributed by atoms with Crippen LogP contribution in [-0.2, 0) is 15.8 Å². The maximum absolute atomic E-state index is 13.4. The summed E-state index contributed by atoms with van der Waals surface area (Å²) in [6.07, 6.45) is -5.37. The zero-order valence-corrected chi connectivity index (χ0v) is 20.3. The number of anilines is 1. The van der Waals surface area contributed by atoms with Crippen LogP contribution in [0.2, 0.25) is 10.0 Å². The predicted molar refractivity (Wildman–Crippen MR) is 129 cm³/mol. The van der Waals surface area contributed by atoms with E-state index >= 15 is 0 Å². The van der Waals surface area contributed by atoms with Crippen LogP contribution in [0.3, 0.4) is 0 Å². The third-order valence-corrected chi connectivity index (χ3v) is 5.65. The quantitative estimate of drug-likeness (QED) is 0.289. The summed E-state index contributed by atoms with van der Waals surface area (Å²) in [6.45, 7) is 0.250. The summed E-state index contributed by atoms with van der Waals surface area (Å²) in [5.41, 5.74) is -1.46. The number of hydrogen-bond donors (Lipinski definition) is 6. The number of aromatic hydroxyl groups is 1. The molecule has 0 aliphatic carbocycles. The molecule has 15 heteroatoms. The Morgan fingerprint density at radius 3 is 2.46 bits per heavy atom. The fraction of sp³-hybridized carbons (Fsp3) is 0.273. The number of carboxylic acids is 1. The number of hydrogen-bond acceptors (Lipinski definition) is 7.